The summed E-state index contributed by atoms with van der Waals surface area (Å²) in [7, 11) is 0. The summed E-state index contributed by atoms with van der Waals surface area (Å²) in [6, 6.07) is 23.6. The fraction of sp³-hybridized carbons (Fsp3) is 0.360. The molecule has 6 unspecified atom stereocenters. The Hall–Kier alpha value is -6.09. The highest BCUT2D eigenvalue weighted by molar-refractivity contribution is 6.66. The highest BCUT2D eigenvalue weighted by Gasteiger charge is 2.47. The number of hydrogen-bond donors (Lipinski definition) is 3. The topological polar surface area (TPSA) is 204 Å². The fourth-order valence-electron chi connectivity index (χ4n) is 7.77. The molecule has 3 aromatic carbocycles. The second-order valence-electron chi connectivity index (χ2n) is 16.8. The number of allylic oxidation sites excluding steroid dienone is 1. The molecule has 4 amide bonds. The number of aliphatic carboxylic acids is 1. The first-order valence-electron chi connectivity index (χ1n) is 21.7. The summed E-state index contributed by atoms with van der Waals surface area (Å²) in [5, 5.41) is 13.1. The Balaban J connectivity index is 1.30. The zero-order valence-corrected chi connectivity index (χ0v) is 40.1. The number of carbonyl (C=O) groups excluding carboxylic acids is 4. The molecule has 67 heavy (non-hydrogen) atoms. The van der Waals surface area contributed by atoms with Crippen molar-refractivity contribution in [2.24, 2.45) is 35.3 Å². The van der Waals surface area contributed by atoms with Crippen LogP contribution in [0.1, 0.15) is 86.5 Å². The van der Waals surface area contributed by atoms with Crippen LogP contribution in [-0.4, -0.2) is 62.8 Å². The number of carboxylic acids is 1. The lowest BCUT2D eigenvalue weighted by atomic mass is 9.76. The molecule has 1 aliphatic heterocycles. The number of rotatable bonds is 23. The first-order chi connectivity index (χ1) is 31.7. The van der Waals surface area contributed by atoms with Crippen molar-refractivity contribution in [2.75, 3.05) is 18.1 Å². The highest BCUT2D eigenvalue weighted by atomic mass is 35.6. The molecule has 0 aliphatic carbocycles. The quantitative estimate of drug-likeness (QED) is 0.0211. The van der Waals surface area contributed by atoms with Crippen molar-refractivity contribution in [3.05, 3.63) is 138 Å². The van der Waals surface area contributed by atoms with Gasteiger partial charge in [0.15, 0.2) is 11.6 Å². The number of nitrogens with zero attached hydrogens (tertiary/aromatic N) is 4. The van der Waals surface area contributed by atoms with Crippen LogP contribution in [0.4, 0.5) is 5.69 Å². The minimum atomic E-state index is -1.79. The van der Waals surface area contributed by atoms with Gasteiger partial charge in [-0.15, -0.1) is 0 Å². The maximum Gasteiger partial charge on any atom is 0.306 e. The van der Waals surface area contributed by atoms with Crippen molar-refractivity contribution < 1.29 is 38.6 Å². The zero-order chi connectivity index (χ0) is 49.0. The number of imide groups is 1. The fourth-order valence-corrected chi connectivity index (χ4v) is 8.02. The predicted molar refractivity (Wildman–Crippen MR) is 259 cm³/mol. The van der Waals surface area contributed by atoms with E-state index in [2.05, 4.69) is 33.4 Å². The summed E-state index contributed by atoms with van der Waals surface area (Å²) < 4.78 is 9.75. The molecular weight excluding hydrogens is 919 g/mol. The largest absolute Gasteiger partial charge is 0.492 e. The number of carbonyl (C=O) groups is 5. The van der Waals surface area contributed by atoms with E-state index in [9.17, 15) is 29.1 Å². The van der Waals surface area contributed by atoms with Gasteiger partial charge in [0.05, 0.1) is 24.1 Å². The number of anilines is 1. The van der Waals surface area contributed by atoms with Crippen LogP contribution in [0.5, 0.6) is 5.75 Å². The molecule has 354 valence electrons. The van der Waals surface area contributed by atoms with Crippen LogP contribution in [0.2, 0.25) is 0 Å². The monoisotopic (exact) mass is 972 g/mol. The SMILES string of the molecule is C=C(C)C(=C)OCCNC(=O)C(C)CC(CC(CC(CC1C(=O)N(c2ccccc2)C(=O)C1C)c1ccc(COc2ccc(/C=C/c3nc(C)nc(C(Cl)(Cl)Cl)n3)cc2)cc1)C(N)=O)C(=O)O. The van der Waals surface area contributed by atoms with E-state index in [-0.39, 0.29) is 69.0 Å². The van der Waals surface area contributed by atoms with Gasteiger partial charge in [-0.1, -0.05) is 122 Å². The molecule has 1 saturated heterocycles. The van der Waals surface area contributed by atoms with Gasteiger partial charge < -0.3 is 25.6 Å². The average molecular weight is 974 g/mol. The number of aromatic nitrogens is 3. The molecule has 4 N–H and O–H groups in total. The average Bonchev–Trinajstić information content (AvgIpc) is 3.50. The summed E-state index contributed by atoms with van der Waals surface area (Å²) in [4.78, 5) is 80.2. The normalized spacial score (nSPS) is 16.9. The second-order valence-corrected chi connectivity index (χ2v) is 19.0. The van der Waals surface area contributed by atoms with Gasteiger partial charge in [-0.25, -0.2) is 15.0 Å². The molecule has 2 heterocycles. The van der Waals surface area contributed by atoms with Gasteiger partial charge in [0, 0.05) is 17.8 Å². The number of aryl methyl sites for hydroxylation is 1. The van der Waals surface area contributed by atoms with E-state index in [1.807, 2.05) is 48.5 Å². The minimum Gasteiger partial charge on any atom is -0.492 e. The van der Waals surface area contributed by atoms with Crippen LogP contribution in [0.25, 0.3) is 12.2 Å². The molecule has 5 rings (SSSR count). The number of primary amides is 1. The van der Waals surface area contributed by atoms with Gasteiger partial charge in [-0.2, -0.15) is 0 Å². The molecule has 1 aromatic heterocycles. The Morgan fingerprint density at radius 2 is 1.58 bits per heavy atom. The summed E-state index contributed by atoms with van der Waals surface area (Å²) in [6.07, 6.45) is 3.57. The van der Waals surface area contributed by atoms with E-state index in [1.54, 1.807) is 70.2 Å². The number of para-hydroxylation sites is 1. The number of alkyl halides is 3. The van der Waals surface area contributed by atoms with E-state index in [0.717, 1.165) is 16.7 Å². The number of nitrogens with one attached hydrogen (secondary N) is 1. The van der Waals surface area contributed by atoms with Gasteiger partial charge in [0.1, 0.15) is 30.5 Å². The number of amides is 4. The lowest BCUT2D eigenvalue weighted by molar-refractivity contribution is -0.143. The molecule has 1 fully saturated rings. The molecule has 6 atom stereocenters. The third-order valence-electron chi connectivity index (χ3n) is 11.6. The Bertz CT molecular complexity index is 2460. The van der Waals surface area contributed by atoms with Crippen LogP contribution in [0, 0.1) is 36.5 Å². The second kappa shape index (κ2) is 23.6. The van der Waals surface area contributed by atoms with Crippen LogP contribution in [0.15, 0.2) is 103 Å². The number of ether oxygens (including phenoxy) is 2. The third-order valence-corrected chi connectivity index (χ3v) is 12.1. The minimum absolute atomic E-state index is 0.0243. The zero-order valence-electron chi connectivity index (χ0n) is 37.8. The maximum absolute atomic E-state index is 14.0. The molecule has 14 nitrogen and oxygen atoms in total. The molecule has 0 spiro atoms. The Morgan fingerprint density at radius 3 is 2.19 bits per heavy atom. The van der Waals surface area contributed by atoms with E-state index < -0.39 is 51.2 Å². The highest BCUT2D eigenvalue weighted by Crippen LogP contribution is 2.41. The summed E-state index contributed by atoms with van der Waals surface area (Å²) in [6.45, 7) is 14.8. The van der Waals surface area contributed by atoms with E-state index in [1.165, 1.54) is 4.90 Å². The molecular formula is C50H55Cl3N6O8. The van der Waals surface area contributed by atoms with Crippen molar-refractivity contribution in [1.82, 2.24) is 20.3 Å². The van der Waals surface area contributed by atoms with Gasteiger partial charge in [0.25, 0.3) is 0 Å². The molecule has 0 radical (unpaired) electrons. The standard InChI is InChI=1S/C50H55Cl3N6O8/c1-29(2)32(5)66-23-22-55-45(61)30(3)24-39(48(64)65)26-38(44(54)60)25-37(27-42-31(4)46(62)59(47(42)63)40-10-8-7-9-11-40)36-17-12-35(13-18-36)28-67-41-19-14-34(15-20-41)16-21-43-56-33(6)57-49(58-43)50(51,52)53/h7-21,30-31,37-39,42H,1,5,22-28H2,2-4,6H3,(H2,54,60)(H,55,61)(H,64,65)/b21-16+. The Kier molecular flexibility index (Phi) is 18.3. The number of carboxylic acid groups (broad SMARTS) is 1. The Labute approximate surface area is 405 Å². The van der Waals surface area contributed by atoms with E-state index in [0.29, 0.717) is 34.4 Å². The van der Waals surface area contributed by atoms with Gasteiger partial charge in [0.2, 0.25) is 27.4 Å². The first-order valence-corrected chi connectivity index (χ1v) is 22.8. The third kappa shape index (κ3) is 14.7. The van der Waals surface area contributed by atoms with E-state index in [4.69, 9.17) is 50.0 Å². The molecule has 0 saturated carbocycles. The lowest BCUT2D eigenvalue weighted by Gasteiger charge is -2.27. The number of benzene rings is 3. The smallest absolute Gasteiger partial charge is 0.306 e. The summed E-state index contributed by atoms with van der Waals surface area (Å²) in [5.74, 6) is -5.81. The van der Waals surface area contributed by atoms with Crippen molar-refractivity contribution in [3.63, 3.8) is 0 Å². The van der Waals surface area contributed by atoms with Crippen LogP contribution in [-0.2, 0) is 39.1 Å². The van der Waals surface area contributed by atoms with Crippen LogP contribution < -0.4 is 20.7 Å². The predicted octanol–water partition coefficient (Wildman–Crippen LogP) is 8.89. The van der Waals surface area contributed by atoms with Gasteiger partial charge in [-0.05, 0) is 98.1 Å². The molecule has 1 aliphatic rings. The summed E-state index contributed by atoms with van der Waals surface area (Å²) >= 11 is 17.9. The van der Waals surface area contributed by atoms with Crippen molar-refractivity contribution in [1.29, 1.82) is 0 Å². The van der Waals surface area contributed by atoms with Crippen molar-refractivity contribution in [3.8, 4) is 5.75 Å². The van der Waals surface area contributed by atoms with Crippen LogP contribution in [0.3, 0.4) is 0 Å². The Morgan fingerprint density at radius 1 is 0.910 bits per heavy atom. The van der Waals surface area contributed by atoms with Crippen molar-refractivity contribution >= 4 is 82.2 Å². The van der Waals surface area contributed by atoms with Crippen molar-refractivity contribution in [2.45, 2.75) is 69.7 Å². The number of halogens is 3. The molecule has 0 bridgehead atoms. The van der Waals surface area contributed by atoms with Gasteiger partial charge in [-0.3, -0.25) is 28.9 Å². The number of nitrogens with two attached hydrogens (primary N) is 1. The first kappa shape index (κ1) is 51.9. The van der Waals surface area contributed by atoms with Crippen LogP contribution >= 0.6 is 34.8 Å². The molecule has 4 aromatic rings. The summed E-state index contributed by atoms with van der Waals surface area (Å²) in [5.41, 5.74) is 9.55. The number of hydrogen-bond acceptors (Lipinski definition) is 10. The lowest BCUT2D eigenvalue weighted by Crippen LogP contribution is -2.35. The van der Waals surface area contributed by atoms with Gasteiger partial charge >= 0.3 is 5.97 Å². The maximum atomic E-state index is 14.0. The van der Waals surface area contributed by atoms with E-state index >= 15 is 0 Å². The molecule has 17 heteroatoms.